The number of phenols is 1. The zero-order valence-corrected chi connectivity index (χ0v) is 14.6. The number of urea groups is 1. The van der Waals surface area contributed by atoms with Crippen molar-refractivity contribution in [3.63, 3.8) is 0 Å². The van der Waals surface area contributed by atoms with E-state index in [0.717, 1.165) is 31.5 Å². The summed E-state index contributed by atoms with van der Waals surface area (Å²) in [5.41, 5.74) is 1.99. The van der Waals surface area contributed by atoms with Crippen LogP contribution in [0.25, 0.3) is 0 Å². The lowest BCUT2D eigenvalue weighted by molar-refractivity contribution is 0.200. The number of hydrogen-bond acceptors (Lipinski definition) is 3. The van der Waals surface area contributed by atoms with Crippen molar-refractivity contribution >= 4 is 11.7 Å². The van der Waals surface area contributed by atoms with Gasteiger partial charge in [0.15, 0.2) is 0 Å². The molecule has 3 rings (SSSR count). The summed E-state index contributed by atoms with van der Waals surface area (Å²) in [5.74, 6) is 0.221. The molecular weight excluding hydrogens is 314 g/mol. The number of hydrogen-bond donors (Lipinski definition) is 2. The second-order valence-corrected chi connectivity index (χ2v) is 6.53. The minimum Gasteiger partial charge on any atom is -0.508 e. The predicted octanol–water partition coefficient (Wildman–Crippen LogP) is 3.20. The summed E-state index contributed by atoms with van der Waals surface area (Å²) in [6.07, 6.45) is 1.87. The van der Waals surface area contributed by atoms with E-state index in [-0.39, 0.29) is 17.8 Å². The summed E-state index contributed by atoms with van der Waals surface area (Å²) in [7, 11) is 1.75. The molecule has 0 spiro atoms. The van der Waals surface area contributed by atoms with Gasteiger partial charge < -0.3 is 20.2 Å². The van der Waals surface area contributed by atoms with Crippen molar-refractivity contribution in [2.24, 2.45) is 0 Å². The zero-order chi connectivity index (χ0) is 17.6. The Morgan fingerprint density at radius 3 is 2.44 bits per heavy atom. The Morgan fingerprint density at radius 2 is 1.76 bits per heavy atom. The van der Waals surface area contributed by atoms with Gasteiger partial charge in [0.25, 0.3) is 0 Å². The van der Waals surface area contributed by atoms with Gasteiger partial charge in [-0.05, 0) is 31.0 Å². The van der Waals surface area contributed by atoms with Crippen molar-refractivity contribution in [3.05, 3.63) is 60.2 Å². The molecule has 0 aromatic heterocycles. The van der Waals surface area contributed by atoms with Crippen LogP contribution in [0.4, 0.5) is 10.5 Å². The van der Waals surface area contributed by atoms with Crippen molar-refractivity contribution in [3.8, 4) is 5.75 Å². The van der Waals surface area contributed by atoms with Crippen LogP contribution >= 0.6 is 0 Å². The van der Waals surface area contributed by atoms with Crippen LogP contribution in [0, 0.1) is 0 Å². The summed E-state index contributed by atoms with van der Waals surface area (Å²) in [6.45, 7) is 2.28. The molecule has 1 aliphatic rings. The number of carbonyl (C=O) groups is 1. The maximum Gasteiger partial charge on any atom is 0.317 e. The normalized spacial score (nSPS) is 15.0. The molecule has 1 heterocycles. The number of para-hydroxylation sites is 2. The summed E-state index contributed by atoms with van der Waals surface area (Å²) in [4.78, 5) is 16.4. The summed E-state index contributed by atoms with van der Waals surface area (Å²) >= 11 is 0. The molecule has 0 bridgehead atoms. The van der Waals surface area contributed by atoms with E-state index in [1.165, 1.54) is 5.69 Å². The third-order valence-corrected chi connectivity index (χ3v) is 4.69. The largest absolute Gasteiger partial charge is 0.508 e. The molecule has 5 nitrogen and oxygen atoms in total. The summed E-state index contributed by atoms with van der Waals surface area (Å²) in [5, 5.41) is 12.9. The van der Waals surface area contributed by atoms with Gasteiger partial charge in [0.05, 0.1) is 6.54 Å². The molecule has 0 unspecified atom stereocenters. The lowest BCUT2D eigenvalue weighted by atomic mass is 10.0. The maximum atomic E-state index is 12.4. The van der Waals surface area contributed by atoms with E-state index >= 15 is 0 Å². The number of carbonyl (C=O) groups excluding carboxylic acids is 1. The Kier molecular flexibility index (Phi) is 5.43. The number of aromatic hydroxyl groups is 1. The van der Waals surface area contributed by atoms with Gasteiger partial charge in [-0.25, -0.2) is 4.79 Å². The van der Waals surface area contributed by atoms with E-state index in [1.807, 2.05) is 18.2 Å². The molecular formula is C20H25N3O2. The van der Waals surface area contributed by atoms with Crippen LogP contribution in [0.3, 0.4) is 0 Å². The van der Waals surface area contributed by atoms with Gasteiger partial charge in [-0.1, -0.05) is 36.4 Å². The van der Waals surface area contributed by atoms with E-state index in [9.17, 15) is 9.90 Å². The van der Waals surface area contributed by atoms with Crippen LogP contribution < -0.4 is 10.2 Å². The number of nitrogens with zero attached hydrogens (tertiary/aromatic N) is 2. The second kappa shape index (κ2) is 7.92. The number of benzene rings is 2. The standard InChI is InChI=1S/C20H25N3O2/c1-22(15-16-7-5-6-10-19(16)24)20(25)21-17-11-13-23(14-12-17)18-8-3-2-4-9-18/h2-10,17,24H,11-15H2,1H3,(H,21,25). The maximum absolute atomic E-state index is 12.4. The Labute approximate surface area is 148 Å². The van der Waals surface area contributed by atoms with Crippen molar-refractivity contribution in [1.82, 2.24) is 10.2 Å². The van der Waals surface area contributed by atoms with E-state index in [0.29, 0.717) is 6.54 Å². The summed E-state index contributed by atoms with van der Waals surface area (Å²) < 4.78 is 0. The van der Waals surface area contributed by atoms with E-state index < -0.39 is 0 Å². The number of rotatable bonds is 4. The number of phenolic OH excluding ortho intramolecular Hbond substituents is 1. The van der Waals surface area contributed by atoms with Gasteiger partial charge in [-0.3, -0.25) is 0 Å². The highest BCUT2D eigenvalue weighted by Gasteiger charge is 2.22. The van der Waals surface area contributed by atoms with Gasteiger partial charge >= 0.3 is 6.03 Å². The lowest BCUT2D eigenvalue weighted by Crippen LogP contribution is -2.48. The Hall–Kier alpha value is -2.69. The molecule has 132 valence electrons. The van der Waals surface area contributed by atoms with Crippen molar-refractivity contribution < 1.29 is 9.90 Å². The van der Waals surface area contributed by atoms with Crippen LogP contribution in [0.2, 0.25) is 0 Å². The molecule has 25 heavy (non-hydrogen) atoms. The zero-order valence-electron chi connectivity index (χ0n) is 14.6. The third-order valence-electron chi connectivity index (χ3n) is 4.69. The first-order valence-electron chi connectivity index (χ1n) is 8.72. The fourth-order valence-corrected chi connectivity index (χ4v) is 3.18. The number of anilines is 1. The van der Waals surface area contributed by atoms with Crippen molar-refractivity contribution in [2.75, 3.05) is 25.0 Å². The van der Waals surface area contributed by atoms with Crippen LogP contribution in [-0.2, 0) is 6.54 Å². The predicted molar refractivity (Wildman–Crippen MR) is 99.8 cm³/mol. The number of nitrogens with one attached hydrogen (secondary N) is 1. The quantitative estimate of drug-likeness (QED) is 0.899. The Balaban J connectivity index is 1.48. The molecule has 2 aromatic carbocycles. The van der Waals surface area contributed by atoms with Crippen LogP contribution in [0.15, 0.2) is 54.6 Å². The van der Waals surface area contributed by atoms with E-state index in [4.69, 9.17) is 0 Å². The molecule has 1 aliphatic heterocycles. The van der Waals surface area contributed by atoms with Crippen LogP contribution in [-0.4, -0.2) is 42.2 Å². The molecule has 1 saturated heterocycles. The van der Waals surface area contributed by atoms with Crippen molar-refractivity contribution in [2.45, 2.75) is 25.4 Å². The minimum absolute atomic E-state index is 0.0959. The Morgan fingerprint density at radius 1 is 1.12 bits per heavy atom. The molecule has 2 N–H and O–H groups in total. The molecule has 5 heteroatoms. The number of piperidine rings is 1. The van der Waals surface area contributed by atoms with E-state index in [2.05, 4.69) is 34.5 Å². The molecule has 0 radical (unpaired) electrons. The highest BCUT2D eigenvalue weighted by Crippen LogP contribution is 2.20. The molecule has 1 fully saturated rings. The first kappa shape index (κ1) is 17.1. The topological polar surface area (TPSA) is 55.8 Å². The van der Waals surface area contributed by atoms with Gasteiger partial charge in [-0.2, -0.15) is 0 Å². The molecule has 2 amide bonds. The molecule has 0 atom stereocenters. The van der Waals surface area contributed by atoms with Gasteiger partial charge in [0, 0.05) is 37.4 Å². The van der Waals surface area contributed by atoms with Gasteiger partial charge in [0.1, 0.15) is 5.75 Å². The number of amides is 2. The molecule has 0 aliphatic carbocycles. The van der Waals surface area contributed by atoms with E-state index in [1.54, 1.807) is 24.1 Å². The van der Waals surface area contributed by atoms with Crippen LogP contribution in [0.5, 0.6) is 5.75 Å². The average molecular weight is 339 g/mol. The second-order valence-electron chi connectivity index (χ2n) is 6.53. The SMILES string of the molecule is CN(Cc1ccccc1O)C(=O)NC1CCN(c2ccccc2)CC1. The average Bonchev–Trinajstić information content (AvgIpc) is 2.65. The third kappa shape index (κ3) is 4.44. The lowest BCUT2D eigenvalue weighted by Gasteiger charge is -2.34. The molecule has 0 saturated carbocycles. The van der Waals surface area contributed by atoms with Crippen LogP contribution in [0.1, 0.15) is 18.4 Å². The minimum atomic E-state index is -0.0959. The smallest absolute Gasteiger partial charge is 0.317 e. The van der Waals surface area contributed by atoms with Crippen molar-refractivity contribution in [1.29, 1.82) is 0 Å². The first-order valence-corrected chi connectivity index (χ1v) is 8.72. The van der Waals surface area contributed by atoms with Gasteiger partial charge in [0.2, 0.25) is 0 Å². The van der Waals surface area contributed by atoms with Gasteiger partial charge in [-0.15, -0.1) is 0 Å². The highest BCUT2D eigenvalue weighted by molar-refractivity contribution is 5.74. The fourth-order valence-electron chi connectivity index (χ4n) is 3.18. The molecule has 2 aromatic rings. The summed E-state index contributed by atoms with van der Waals surface area (Å²) in [6, 6.07) is 17.6. The fraction of sp³-hybridized carbons (Fsp3) is 0.350. The highest BCUT2D eigenvalue weighted by atomic mass is 16.3. The Bertz CT molecular complexity index is 697. The monoisotopic (exact) mass is 339 g/mol. The first-order chi connectivity index (χ1) is 12.1.